The molecule has 0 atom stereocenters. The predicted octanol–water partition coefficient (Wildman–Crippen LogP) is 2.37. The van der Waals surface area contributed by atoms with Crippen molar-refractivity contribution in [2.24, 2.45) is 0 Å². The Morgan fingerprint density at radius 2 is 2.27 bits per heavy atom. The van der Waals surface area contributed by atoms with Gasteiger partial charge in [-0.1, -0.05) is 0 Å². The van der Waals surface area contributed by atoms with Crippen molar-refractivity contribution in [3.8, 4) is 0 Å². The average molecular weight is 283 g/mol. The Balaban J connectivity index is 2.96. The molecule has 1 aromatic heterocycles. The van der Waals surface area contributed by atoms with Gasteiger partial charge in [0, 0.05) is 0 Å². The van der Waals surface area contributed by atoms with Gasteiger partial charge in [0.25, 0.3) is 6.43 Å². The van der Waals surface area contributed by atoms with Gasteiger partial charge in [-0.05, 0) is 22.9 Å². The zero-order valence-electron chi connectivity index (χ0n) is 7.88. The molecule has 0 amide bonds. The maximum atomic E-state index is 12.6. The summed E-state index contributed by atoms with van der Waals surface area (Å²) in [6, 6.07) is 0. The van der Waals surface area contributed by atoms with Gasteiger partial charge in [0.15, 0.2) is 0 Å². The van der Waals surface area contributed by atoms with E-state index in [1.165, 1.54) is 0 Å². The van der Waals surface area contributed by atoms with Gasteiger partial charge in [0.2, 0.25) is 0 Å². The Kier molecular flexibility index (Phi) is 3.78. The minimum atomic E-state index is -2.67. The van der Waals surface area contributed by atoms with Crippen LogP contribution in [0.3, 0.4) is 0 Å². The third-order valence-corrected chi connectivity index (χ3v) is 2.82. The molecule has 0 unspecified atom stereocenters. The molecule has 0 spiro atoms. The molecule has 0 saturated carbocycles. The number of hydrogen-bond donors (Lipinski definition) is 1. The van der Waals surface area contributed by atoms with E-state index in [1.54, 1.807) is 6.92 Å². The summed E-state index contributed by atoms with van der Waals surface area (Å²) in [5.74, 6) is -1.04. The molecule has 1 N–H and O–H groups in total. The first-order chi connectivity index (χ1) is 6.93. The summed E-state index contributed by atoms with van der Waals surface area (Å²) >= 11 is 3.00. The highest BCUT2D eigenvalue weighted by Gasteiger charge is 2.21. The van der Waals surface area contributed by atoms with Crippen molar-refractivity contribution in [1.82, 2.24) is 9.78 Å². The molecule has 7 heteroatoms. The third-order valence-electron chi connectivity index (χ3n) is 1.84. The highest BCUT2D eigenvalue weighted by molar-refractivity contribution is 9.10. The van der Waals surface area contributed by atoms with Crippen molar-refractivity contribution >= 4 is 21.9 Å². The molecule has 1 aromatic rings. The van der Waals surface area contributed by atoms with E-state index in [2.05, 4.69) is 21.0 Å². The number of halogens is 3. The minimum Gasteiger partial charge on any atom is -0.481 e. The maximum Gasteiger partial charge on any atom is 0.305 e. The first-order valence-electron chi connectivity index (χ1n) is 4.16. The van der Waals surface area contributed by atoms with Crippen molar-refractivity contribution < 1.29 is 18.7 Å². The largest absolute Gasteiger partial charge is 0.481 e. The number of aliphatic carboxylic acids is 1. The Hall–Kier alpha value is -0.980. The summed E-state index contributed by atoms with van der Waals surface area (Å²) < 4.78 is 26.4. The molecule has 1 heterocycles. The standard InChI is InChI=1S/C8H9BrF2N2O2/c1-4-6(9)7(8(10)11)13(12-4)3-2-5(14)15/h8H,2-3H2,1H3,(H,14,15). The summed E-state index contributed by atoms with van der Waals surface area (Å²) in [7, 11) is 0. The van der Waals surface area contributed by atoms with Gasteiger partial charge in [0.1, 0.15) is 5.69 Å². The lowest BCUT2D eigenvalue weighted by Gasteiger charge is -2.04. The number of aryl methyl sites for hydroxylation is 2. The van der Waals surface area contributed by atoms with Gasteiger partial charge < -0.3 is 5.11 Å². The van der Waals surface area contributed by atoms with E-state index in [-0.39, 0.29) is 23.1 Å². The smallest absolute Gasteiger partial charge is 0.305 e. The SMILES string of the molecule is Cc1nn(CCC(=O)O)c(C(F)F)c1Br. The highest BCUT2D eigenvalue weighted by atomic mass is 79.9. The van der Waals surface area contributed by atoms with E-state index >= 15 is 0 Å². The van der Waals surface area contributed by atoms with Crippen LogP contribution in [0.25, 0.3) is 0 Å². The average Bonchev–Trinajstić information content (AvgIpc) is 2.39. The number of carboxylic acids is 1. The van der Waals surface area contributed by atoms with Crippen molar-refractivity contribution in [1.29, 1.82) is 0 Å². The molecule has 15 heavy (non-hydrogen) atoms. The van der Waals surface area contributed by atoms with Gasteiger partial charge in [0.05, 0.1) is 23.1 Å². The summed E-state index contributed by atoms with van der Waals surface area (Å²) in [6.45, 7) is 1.52. The molecule has 0 bridgehead atoms. The minimum absolute atomic E-state index is 0.0541. The molecule has 0 saturated heterocycles. The second kappa shape index (κ2) is 4.69. The Labute approximate surface area is 93.0 Å². The summed E-state index contributed by atoms with van der Waals surface area (Å²) in [4.78, 5) is 10.3. The molecule has 0 aliphatic rings. The highest BCUT2D eigenvalue weighted by Crippen LogP contribution is 2.29. The Bertz CT molecular complexity index is 379. The van der Waals surface area contributed by atoms with E-state index in [1.807, 2.05) is 0 Å². The van der Waals surface area contributed by atoms with E-state index in [0.29, 0.717) is 5.69 Å². The van der Waals surface area contributed by atoms with Crippen molar-refractivity contribution in [2.75, 3.05) is 0 Å². The van der Waals surface area contributed by atoms with Crippen molar-refractivity contribution in [3.63, 3.8) is 0 Å². The first-order valence-corrected chi connectivity index (χ1v) is 4.95. The van der Waals surface area contributed by atoms with E-state index < -0.39 is 12.4 Å². The number of alkyl halides is 2. The zero-order chi connectivity index (χ0) is 11.6. The topological polar surface area (TPSA) is 55.1 Å². The number of aromatic nitrogens is 2. The van der Waals surface area contributed by atoms with E-state index in [0.717, 1.165) is 4.68 Å². The van der Waals surface area contributed by atoms with Crippen molar-refractivity contribution in [2.45, 2.75) is 26.3 Å². The number of rotatable bonds is 4. The number of nitrogens with zero attached hydrogens (tertiary/aromatic N) is 2. The number of carbonyl (C=O) groups is 1. The molecule has 0 aliphatic carbocycles. The van der Waals surface area contributed by atoms with Crippen LogP contribution in [-0.2, 0) is 11.3 Å². The van der Waals surface area contributed by atoms with Crippen LogP contribution >= 0.6 is 15.9 Å². The second-order valence-corrected chi connectivity index (χ2v) is 3.75. The summed E-state index contributed by atoms with van der Waals surface area (Å²) in [5, 5.41) is 12.3. The second-order valence-electron chi connectivity index (χ2n) is 2.95. The predicted molar refractivity (Wildman–Crippen MR) is 51.9 cm³/mol. The monoisotopic (exact) mass is 282 g/mol. The van der Waals surface area contributed by atoms with E-state index in [4.69, 9.17) is 5.11 Å². The van der Waals surface area contributed by atoms with Gasteiger partial charge in [-0.3, -0.25) is 9.48 Å². The number of carboxylic acid groups (broad SMARTS) is 1. The fraction of sp³-hybridized carbons (Fsp3) is 0.500. The summed E-state index contributed by atoms with van der Waals surface area (Å²) in [5.41, 5.74) is 0.157. The van der Waals surface area contributed by atoms with Crippen LogP contribution < -0.4 is 0 Å². The lowest BCUT2D eigenvalue weighted by molar-refractivity contribution is -0.137. The Morgan fingerprint density at radius 1 is 1.67 bits per heavy atom. The molecule has 0 radical (unpaired) electrons. The lowest BCUT2D eigenvalue weighted by Crippen LogP contribution is -2.09. The molecule has 84 valence electrons. The van der Waals surface area contributed by atoms with Crippen LogP contribution in [0.4, 0.5) is 8.78 Å². The third kappa shape index (κ3) is 2.74. The fourth-order valence-electron chi connectivity index (χ4n) is 1.16. The van der Waals surface area contributed by atoms with Gasteiger partial charge in [-0.15, -0.1) is 0 Å². The van der Waals surface area contributed by atoms with Gasteiger partial charge >= 0.3 is 5.97 Å². The molecular formula is C8H9BrF2N2O2. The van der Waals surface area contributed by atoms with Crippen LogP contribution in [0.1, 0.15) is 24.2 Å². The van der Waals surface area contributed by atoms with Crippen LogP contribution in [0.15, 0.2) is 4.47 Å². The van der Waals surface area contributed by atoms with Crippen LogP contribution in [0.2, 0.25) is 0 Å². The fourth-order valence-corrected chi connectivity index (χ4v) is 1.61. The van der Waals surface area contributed by atoms with Gasteiger partial charge in [-0.25, -0.2) is 8.78 Å². The molecule has 0 aromatic carbocycles. The first kappa shape index (κ1) is 12.1. The summed E-state index contributed by atoms with van der Waals surface area (Å²) in [6.07, 6.45) is -2.90. The quantitative estimate of drug-likeness (QED) is 0.922. The molecular weight excluding hydrogens is 274 g/mol. The lowest BCUT2D eigenvalue weighted by atomic mass is 10.3. The molecule has 0 fully saturated rings. The van der Waals surface area contributed by atoms with Gasteiger partial charge in [-0.2, -0.15) is 5.10 Å². The normalized spacial score (nSPS) is 11.0. The molecule has 0 aliphatic heterocycles. The van der Waals surface area contributed by atoms with E-state index in [9.17, 15) is 13.6 Å². The number of hydrogen-bond acceptors (Lipinski definition) is 2. The van der Waals surface area contributed by atoms with Crippen LogP contribution in [-0.4, -0.2) is 20.9 Å². The van der Waals surface area contributed by atoms with Crippen LogP contribution in [0, 0.1) is 6.92 Å². The zero-order valence-corrected chi connectivity index (χ0v) is 9.46. The molecule has 1 rings (SSSR count). The maximum absolute atomic E-state index is 12.6. The van der Waals surface area contributed by atoms with Crippen molar-refractivity contribution in [3.05, 3.63) is 15.9 Å². The van der Waals surface area contributed by atoms with Crippen LogP contribution in [0.5, 0.6) is 0 Å². The Morgan fingerprint density at radius 3 is 2.73 bits per heavy atom. The molecule has 4 nitrogen and oxygen atoms in total.